The minimum atomic E-state index is -4.89. The largest absolute Gasteiger partial charge is 0.473 e. The predicted octanol–water partition coefficient (Wildman–Crippen LogP) is -3.38. The number of ether oxygens (including phenoxy) is 1. The van der Waals surface area contributed by atoms with Gasteiger partial charge in [-0.2, -0.15) is 0 Å². The van der Waals surface area contributed by atoms with Crippen molar-refractivity contribution in [1.29, 1.82) is 0 Å². The zero-order chi connectivity index (χ0) is 16.4. The Bertz CT molecular complexity index is 377. The quantitative estimate of drug-likeness (QED) is 0.190. The third kappa shape index (κ3) is 4.91. The normalized spacial score (nSPS) is 38.2. The van der Waals surface area contributed by atoms with E-state index in [0.29, 0.717) is 0 Å². The second-order valence-corrected chi connectivity index (χ2v) is 5.85. The highest BCUT2D eigenvalue weighted by Crippen LogP contribution is 2.48. The Morgan fingerprint density at radius 3 is 2.29 bits per heavy atom. The van der Waals surface area contributed by atoms with E-state index in [1.807, 2.05) is 0 Å². The van der Waals surface area contributed by atoms with E-state index in [9.17, 15) is 24.8 Å². The Morgan fingerprint density at radius 2 is 1.81 bits per heavy atom. The van der Waals surface area contributed by atoms with Crippen molar-refractivity contribution >= 4 is 7.82 Å². The van der Waals surface area contributed by atoms with Crippen LogP contribution in [0.3, 0.4) is 0 Å². The van der Waals surface area contributed by atoms with Gasteiger partial charge in [0.25, 0.3) is 0 Å². The van der Waals surface area contributed by atoms with Gasteiger partial charge in [-0.05, 0) is 6.92 Å². The van der Waals surface area contributed by atoms with Crippen molar-refractivity contribution in [2.45, 2.75) is 50.0 Å². The summed E-state index contributed by atoms with van der Waals surface area (Å²) in [5.41, 5.74) is 0. The first-order chi connectivity index (χ1) is 9.59. The number of hydrogen-bond acceptors (Lipinski definition) is 10. The molecule has 11 nitrogen and oxygen atoms in total. The lowest BCUT2D eigenvalue weighted by atomic mass is 9.99. The molecule has 0 aromatic carbocycles. The van der Waals surface area contributed by atoms with Crippen LogP contribution in [0.25, 0.3) is 0 Å². The summed E-state index contributed by atoms with van der Waals surface area (Å²) in [7, 11) is -4.89. The Labute approximate surface area is 119 Å². The summed E-state index contributed by atoms with van der Waals surface area (Å²) >= 11 is 0. The van der Waals surface area contributed by atoms with Crippen LogP contribution in [0.15, 0.2) is 0 Å². The highest BCUT2D eigenvalue weighted by molar-refractivity contribution is 7.47. The van der Waals surface area contributed by atoms with Crippen molar-refractivity contribution in [2.24, 2.45) is 0 Å². The summed E-state index contributed by atoms with van der Waals surface area (Å²) in [4.78, 5) is 9.41. The maximum atomic E-state index is 11.6. The zero-order valence-corrected chi connectivity index (χ0v) is 11.9. The summed E-state index contributed by atoms with van der Waals surface area (Å²) in [5, 5.41) is 55.2. The van der Waals surface area contributed by atoms with Crippen molar-refractivity contribution in [3.05, 3.63) is 0 Å². The van der Waals surface area contributed by atoms with Crippen molar-refractivity contribution in [2.75, 3.05) is 6.61 Å². The molecule has 0 aromatic rings. The van der Waals surface area contributed by atoms with Gasteiger partial charge in [-0.25, -0.2) is 4.57 Å². The van der Waals surface area contributed by atoms with Crippen LogP contribution in [0.4, 0.5) is 0 Å². The highest BCUT2D eigenvalue weighted by Gasteiger charge is 2.47. The molecule has 0 radical (unpaired) electrons. The molecule has 0 spiro atoms. The molecule has 0 aliphatic carbocycles. The van der Waals surface area contributed by atoms with E-state index in [0.717, 1.165) is 6.92 Å². The molecule has 1 unspecified atom stereocenters. The van der Waals surface area contributed by atoms with E-state index in [2.05, 4.69) is 9.05 Å². The number of aliphatic hydroxyl groups excluding tert-OH is 5. The molecule has 1 aliphatic heterocycles. The van der Waals surface area contributed by atoms with E-state index < -0.39 is 57.5 Å². The second-order valence-electron chi connectivity index (χ2n) is 4.49. The van der Waals surface area contributed by atoms with Crippen molar-refractivity contribution in [3.8, 4) is 0 Å². The van der Waals surface area contributed by atoms with Gasteiger partial charge in [0.15, 0.2) is 12.6 Å². The summed E-state index contributed by atoms with van der Waals surface area (Å²) < 4.78 is 25.2. The summed E-state index contributed by atoms with van der Waals surface area (Å²) in [6, 6.07) is 0. The van der Waals surface area contributed by atoms with Gasteiger partial charge in [0.05, 0.1) is 6.61 Å². The van der Waals surface area contributed by atoms with Gasteiger partial charge in [0, 0.05) is 0 Å². The zero-order valence-electron chi connectivity index (χ0n) is 11.0. The predicted molar refractivity (Wildman–Crippen MR) is 63.5 cm³/mol. The third-order valence-electron chi connectivity index (χ3n) is 2.82. The molecule has 1 saturated heterocycles. The van der Waals surface area contributed by atoms with Gasteiger partial charge < -0.3 is 40.3 Å². The van der Waals surface area contributed by atoms with Gasteiger partial charge in [-0.15, -0.1) is 0 Å². The average Bonchev–Trinajstić information content (AvgIpc) is 2.38. The number of rotatable bonds is 6. The van der Waals surface area contributed by atoms with E-state index in [1.165, 1.54) is 0 Å². The Balaban J connectivity index is 2.74. The Kier molecular flexibility index (Phi) is 6.65. The first kappa shape index (κ1) is 18.9. The van der Waals surface area contributed by atoms with E-state index in [1.54, 1.807) is 0 Å². The van der Waals surface area contributed by atoms with Crippen molar-refractivity contribution < 1.29 is 53.9 Å². The SMILES string of the molecule is C[C@H](OP(=O)(O)O[C@@H]1[C@@H](O)[C@H](O)[C@@H](CO)O[C@H]1O)C(O)O. The molecular weight excluding hydrogens is 315 g/mol. The van der Waals surface area contributed by atoms with Crippen molar-refractivity contribution in [1.82, 2.24) is 0 Å². The fraction of sp³-hybridized carbons (Fsp3) is 1.00. The maximum absolute atomic E-state index is 11.6. The van der Waals surface area contributed by atoms with Crippen molar-refractivity contribution in [3.63, 3.8) is 0 Å². The van der Waals surface area contributed by atoms with Crippen LogP contribution in [0.5, 0.6) is 0 Å². The lowest BCUT2D eigenvalue weighted by Gasteiger charge is -2.40. The number of phosphoric ester groups is 1. The standard InChI is InChI=1S/C9H19O11P/c1-3(8(13)14)19-21(16,17)20-7-6(12)5(11)4(2-10)18-9(7)15/h3-15H,2H2,1H3,(H,16,17)/t3-,4+,5+,6-,7+,9+/m0/s1. The molecule has 12 heteroatoms. The molecule has 126 valence electrons. The first-order valence-electron chi connectivity index (χ1n) is 5.95. The summed E-state index contributed by atoms with van der Waals surface area (Å²) in [6.07, 6.45) is -12.1. The van der Waals surface area contributed by atoms with Gasteiger partial charge in [-0.1, -0.05) is 0 Å². The van der Waals surface area contributed by atoms with Crippen LogP contribution in [-0.4, -0.2) is 85.2 Å². The van der Waals surface area contributed by atoms with Crippen LogP contribution in [0.1, 0.15) is 6.92 Å². The lowest BCUT2D eigenvalue weighted by molar-refractivity contribution is -0.283. The minimum Gasteiger partial charge on any atom is -0.394 e. The molecule has 0 saturated carbocycles. The molecule has 0 bridgehead atoms. The number of hydrogen-bond donors (Lipinski definition) is 7. The molecule has 0 aromatic heterocycles. The van der Waals surface area contributed by atoms with Crippen LogP contribution < -0.4 is 0 Å². The topological polar surface area (TPSA) is 186 Å². The van der Waals surface area contributed by atoms with Crippen LogP contribution in [0.2, 0.25) is 0 Å². The monoisotopic (exact) mass is 334 g/mol. The summed E-state index contributed by atoms with van der Waals surface area (Å²) in [5.74, 6) is 0. The number of phosphoric acid groups is 1. The molecule has 1 rings (SSSR count). The Morgan fingerprint density at radius 1 is 1.24 bits per heavy atom. The van der Waals surface area contributed by atoms with Gasteiger partial charge in [0.2, 0.25) is 0 Å². The summed E-state index contributed by atoms with van der Waals surface area (Å²) in [6.45, 7) is 0.362. The minimum absolute atomic E-state index is 0.705. The number of aliphatic hydroxyl groups is 6. The van der Waals surface area contributed by atoms with Crippen LogP contribution in [0, 0.1) is 0 Å². The van der Waals surface area contributed by atoms with Gasteiger partial charge >= 0.3 is 7.82 Å². The van der Waals surface area contributed by atoms with Gasteiger partial charge in [0.1, 0.15) is 30.5 Å². The smallest absolute Gasteiger partial charge is 0.394 e. The second kappa shape index (κ2) is 7.40. The molecule has 7 atom stereocenters. The fourth-order valence-electron chi connectivity index (χ4n) is 1.63. The Hall–Kier alpha value is -0.170. The maximum Gasteiger partial charge on any atom is 0.473 e. The lowest BCUT2D eigenvalue weighted by Crippen LogP contribution is -2.59. The highest BCUT2D eigenvalue weighted by atomic mass is 31.2. The molecule has 0 amide bonds. The van der Waals surface area contributed by atoms with Crippen LogP contribution in [-0.2, 0) is 18.3 Å². The molecular formula is C9H19O11P. The van der Waals surface area contributed by atoms with Gasteiger partial charge in [-0.3, -0.25) is 9.05 Å². The van der Waals surface area contributed by atoms with E-state index >= 15 is 0 Å². The molecule has 1 aliphatic rings. The molecule has 7 N–H and O–H groups in total. The molecule has 1 fully saturated rings. The van der Waals surface area contributed by atoms with Crippen LogP contribution >= 0.6 is 7.82 Å². The first-order valence-corrected chi connectivity index (χ1v) is 7.45. The average molecular weight is 334 g/mol. The molecule has 1 heterocycles. The molecule has 21 heavy (non-hydrogen) atoms. The van der Waals surface area contributed by atoms with E-state index in [-0.39, 0.29) is 0 Å². The van der Waals surface area contributed by atoms with E-state index in [4.69, 9.17) is 20.1 Å². The third-order valence-corrected chi connectivity index (χ3v) is 3.93. The fourth-order valence-corrected chi connectivity index (χ4v) is 2.74.